The second-order valence-corrected chi connectivity index (χ2v) is 5.12. The lowest BCUT2D eigenvalue weighted by molar-refractivity contribution is 0.896. The van der Waals surface area contributed by atoms with Crippen LogP contribution in [-0.4, -0.2) is 4.98 Å². The third-order valence-electron chi connectivity index (χ3n) is 3.40. The van der Waals surface area contributed by atoms with Gasteiger partial charge in [0.1, 0.15) is 0 Å². The Kier molecular flexibility index (Phi) is 2.74. The minimum atomic E-state index is 0.527. The van der Waals surface area contributed by atoms with Crippen molar-refractivity contribution in [2.75, 3.05) is 0 Å². The van der Waals surface area contributed by atoms with Gasteiger partial charge in [-0.2, -0.15) is 0 Å². The molecule has 0 bridgehead atoms. The fourth-order valence-corrected chi connectivity index (χ4v) is 2.96. The van der Waals surface area contributed by atoms with Gasteiger partial charge in [0.15, 0.2) is 0 Å². The zero-order valence-electron chi connectivity index (χ0n) is 9.26. The van der Waals surface area contributed by atoms with Gasteiger partial charge >= 0.3 is 0 Å². The molecule has 1 aliphatic rings. The highest BCUT2D eigenvalue weighted by atomic mass is 35.5. The Balaban J connectivity index is 2.44. The van der Waals surface area contributed by atoms with E-state index in [1.807, 2.05) is 12.1 Å². The Hall–Kier alpha value is -0.830. The predicted molar refractivity (Wildman–Crippen MR) is 71.7 cm³/mol. The summed E-state index contributed by atoms with van der Waals surface area (Å²) in [6.07, 6.45) is 3.24. The molecule has 2 aromatic rings. The van der Waals surface area contributed by atoms with Crippen LogP contribution in [0.25, 0.3) is 10.9 Å². The van der Waals surface area contributed by atoms with E-state index >= 15 is 0 Å². The molecule has 0 aliphatic heterocycles. The number of hydrogen-bond acceptors (Lipinski definition) is 2. The van der Waals surface area contributed by atoms with Crippen LogP contribution in [0.5, 0.6) is 0 Å². The molecular weight excluding hydrogens is 255 g/mol. The van der Waals surface area contributed by atoms with Crippen LogP contribution in [-0.2, 0) is 19.4 Å². The molecule has 0 saturated carbocycles. The van der Waals surface area contributed by atoms with E-state index in [0.717, 1.165) is 35.9 Å². The van der Waals surface area contributed by atoms with Gasteiger partial charge in [-0.15, -0.1) is 0 Å². The highest BCUT2D eigenvalue weighted by Gasteiger charge is 2.20. The number of pyridine rings is 1. The van der Waals surface area contributed by atoms with Crippen molar-refractivity contribution in [2.45, 2.75) is 25.8 Å². The van der Waals surface area contributed by atoms with Gasteiger partial charge in [-0.1, -0.05) is 29.3 Å². The summed E-state index contributed by atoms with van der Waals surface area (Å²) in [6, 6.07) is 3.78. The molecule has 4 heteroatoms. The highest BCUT2D eigenvalue weighted by Crippen LogP contribution is 2.35. The Bertz CT molecular complexity index is 608. The molecule has 1 heterocycles. The smallest absolute Gasteiger partial charge is 0.0910 e. The average Bonchev–Trinajstić information content (AvgIpc) is 2.79. The number of benzene rings is 1. The van der Waals surface area contributed by atoms with E-state index in [9.17, 15) is 0 Å². The first-order valence-corrected chi connectivity index (χ1v) is 6.46. The number of fused-ring (bicyclic) bond motifs is 2. The molecule has 88 valence electrons. The molecule has 0 spiro atoms. The molecule has 0 unspecified atom stereocenters. The van der Waals surface area contributed by atoms with E-state index < -0.39 is 0 Å². The highest BCUT2D eigenvalue weighted by molar-refractivity contribution is 6.45. The molecule has 0 radical (unpaired) electrons. The summed E-state index contributed by atoms with van der Waals surface area (Å²) < 4.78 is 0. The van der Waals surface area contributed by atoms with Gasteiger partial charge in [-0.25, -0.2) is 0 Å². The van der Waals surface area contributed by atoms with E-state index in [1.165, 1.54) is 11.1 Å². The molecule has 0 fully saturated rings. The van der Waals surface area contributed by atoms with E-state index in [2.05, 4.69) is 4.98 Å². The molecule has 2 nitrogen and oxygen atoms in total. The van der Waals surface area contributed by atoms with Crippen molar-refractivity contribution in [1.82, 2.24) is 4.98 Å². The summed E-state index contributed by atoms with van der Waals surface area (Å²) in [7, 11) is 0. The molecule has 2 N–H and O–H groups in total. The molecule has 17 heavy (non-hydrogen) atoms. The number of aromatic nitrogens is 1. The zero-order valence-corrected chi connectivity index (χ0v) is 10.8. The maximum atomic E-state index is 6.22. The van der Waals surface area contributed by atoms with E-state index in [1.54, 1.807) is 0 Å². The largest absolute Gasteiger partial charge is 0.326 e. The van der Waals surface area contributed by atoms with E-state index in [0.29, 0.717) is 16.6 Å². The first-order valence-electron chi connectivity index (χ1n) is 5.70. The van der Waals surface area contributed by atoms with Gasteiger partial charge in [-0.3, -0.25) is 4.98 Å². The first kappa shape index (κ1) is 11.3. The summed E-state index contributed by atoms with van der Waals surface area (Å²) in [5, 5.41) is 2.13. The number of nitrogens with zero attached hydrogens (tertiary/aromatic N) is 1. The van der Waals surface area contributed by atoms with Crippen LogP contribution in [0.2, 0.25) is 10.0 Å². The minimum Gasteiger partial charge on any atom is -0.326 e. The molecule has 0 atom stereocenters. The lowest BCUT2D eigenvalue weighted by Gasteiger charge is -2.12. The van der Waals surface area contributed by atoms with Crippen molar-refractivity contribution >= 4 is 34.1 Å². The quantitative estimate of drug-likeness (QED) is 0.859. The predicted octanol–water partition coefficient (Wildman–Crippen LogP) is 3.49. The van der Waals surface area contributed by atoms with Crippen molar-refractivity contribution in [3.05, 3.63) is 39.0 Å². The Morgan fingerprint density at radius 2 is 2.06 bits per heavy atom. The Morgan fingerprint density at radius 3 is 2.82 bits per heavy atom. The molecule has 1 aromatic carbocycles. The lowest BCUT2D eigenvalue weighted by atomic mass is 10.0. The summed E-state index contributed by atoms with van der Waals surface area (Å²) in [5.41, 5.74) is 10.3. The van der Waals surface area contributed by atoms with Gasteiger partial charge in [0.2, 0.25) is 0 Å². The third kappa shape index (κ3) is 1.63. The topological polar surface area (TPSA) is 38.9 Å². The van der Waals surface area contributed by atoms with E-state index in [-0.39, 0.29) is 0 Å². The van der Waals surface area contributed by atoms with Crippen LogP contribution < -0.4 is 5.73 Å². The number of nitrogens with two attached hydrogens (primary N) is 1. The number of rotatable bonds is 1. The first-order chi connectivity index (χ1) is 8.22. The van der Waals surface area contributed by atoms with Gasteiger partial charge < -0.3 is 5.73 Å². The van der Waals surface area contributed by atoms with Crippen LogP contribution in [0.1, 0.15) is 23.2 Å². The normalized spacial score (nSPS) is 14.3. The standard InChI is InChI=1S/C13H12Cl2N2/c14-10-5-4-8-9(6-16)7-2-1-3-11(7)17-13(8)12(10)15/h4-5H,1-3,6,16H2. The molecule has 0 saturated heterocycles. The zero-order chi connectivity index (χ0) is 12.0. The van der Waals surface area contributed by atoms with Crippen LogP contribution in [0, 0.1) is 0 Å². The number of aryl methyl sites for hydroxylation is 1. The summed E-state index contributed by atoms with van der Waals surface area (Å²) in [4.78, 5) is 4.65. The van der Waals surface area contributed by atoms with Crippen molar-refractivity contribution in [1.29, 1.82) is 0 Å². The van der Waals surface area contributed by atoms with E-state index in [4.69, 9.17) is 28.9 Å². The average molecular weight is 267 g/mol. The fourth-order valence-electron chi connectivity index (χ4n) is 2.60. The fraction of sp³-hybridized carbons (Fsp3) is 0.308. The van der Waals surface area contributed by atoms with Crippen LogP contribution in [0.3, 0.4) is 0 Å². The van der Waals surface area contributed by atoms with Crippen molar-refractivity contribution in [2.24, 2.45) is 5.73 Å². The maximum Gasteiger partial charge on any atom is 0.0910 e. The molecular formula is C13H12Cl2N2. The monoisotopic (exact) mass is 266 g/mol. The van der Waals surface area contributed by atoms with Crippen LogP contribution in [0.4, 0.5) is 0 Å². The Labute approximate surface area is 110 Å². The number of halogens is 2. The minimum absolute atomic E-state index is 0.527. The molecule has 3 rings (SSSR count). The summed E-state index contributed by atoms with van der Waals surface area (Å²) in [5.74, 6) is 0. The second kappa shape index (κ2) is 4.13. The maximum absolute atomic E-state index is 6.22. The lowest BCUT2D eigenvalue weighted by Crippen LogP contribution is -2.04. The molecule has 1 aromatic heterocycles. The summed E-state index contributed by atoms with van der Waals surface area (Å²) in [6.45, 7) is 0.527. The van der Waals surface area contributed by atoms with Crippen LogP contribution >= 0.6 is 23.2 Å². The SMILES string of the molecule is NCc1c2c(nc3c(Cl)c(Cl)ccc13)CCC2. The summed E-state index contributed by atoms with van der Waals surface area (Å²) >= 11 is 12.3. The van der Waals surface area contributed by atoms with Gasteiger partial charge in [-0.05, 0) is 36.5 Å². The van der Waals surface area contributed by atoms with Gasteiger partial charge in [0.25, 0.3) is 0 Å². The van der Waals surface area contributed by atoms with Crippen molar-refractivity contribution in [3.63, 3.8) is 0 Å². The Morgan fingerprint density at radius 1 is 1.24 bits per heavy atom. The number of hydrogen-bond donors (Lipinski definition) is 1. The van der Waals surface area contributed by atoms with Gasteiger partial charge in [0.05, 0.1) is 15.6 Å². The molecule has 1 aliphatic carbocycles. The third-order valence-corrected chi connectivity index (χ3v) is 4.19. The van der Waals surface area contributed by atoms with Crippen molar-refractivity contribution in [3.8, 4) is 0 Å². The van der Waals surface area contributed by atoms with Crippen molar-refractivity contribution < 1.29 is 0 Å². The van der Waals surface area contributed by atoms with Crippen LogP contribution in [0.15, 0.2) is 12.1 Å². The van der Waals surface area contributed by atoms with Gasteiger partial charge in [0, 0.05) is 17.6 Å². The second-order valence-electron chi connectivity index (χ2n) is 4.33. The molecule has 0 amide bonds.